The molecular formula is C23H18ClF2N5O4S. The molecule has 0 saturated carbocycles. The number of nitrogens with one attached hydrogen (secondary N) is 1. The monoisotopic (exact) mass is 533 g/mol. The summed E-state index contributed by atoms with van der Waals surface area (Å²) >= 11 is 4.77. The van der Waals surface area contributed by atoms with E-state index in [9.17, 15) is 22.0 Å². The van der Waals surface area contributed by atoms with Gasteiger partial charge in [0.05, 0.1) is 28.7 Å². The Balaban J connectivity index is 1.58. The first kappa shape index (κ1) is 24.1. The van der Waals surface area contributed by atoms with Crippen LogP contribution in [0.1, 0.15) is 29.7 Å². The summed E-state index contributed by atoms with van der Waals surface area (Å²) in [5, 5.41) is 2.62. The molecule has 186 valence electrons. The van der Waals surface area contributed by atoms with Crippen molar-refractivity contribution in [2.45, 2.75) is 30.1 Å². The van der Waals surface area contributed by atoms with E-state index in [0.29, 0.717) is 34.4 Å². The van der Waals surface area contributed by atoms with Crippen molar-refractivity contribution in [3.8, 4) is 17.0 Å². The van der Waals surface area contributed by atoms with Crippen molar-refractivity contribution in [2.24, 2.45) is 0 Å². The van der Waals surface area contributed by atoms with Crippen LogP contribution in [-0.2, 0) is 9.84 Å². The number of aromatic nitrogens is 4. The third kappa shape index (κ3) is 4.61. The van der Waals surface area contributed by atoms with Crippen molar-refractivity contribution >= 4 is 44.1 Å². The van der Waals surface area contributed by atoms with Gasteiger partial charge in [-0.1, -0.05) is 0 Å². The summed E-state index contributed by atoms with van der Waals surface area (Å²) in [6, 6.07) is 8.18. The van der Waals surface area contributed by atoms with Gasteiger partial charge in [-0.2, -0.15) is 0 Å². The molecule has 0 radical (unpaired) electrons. The summed E-state index contributed by atoms with van der Waals surface area (Å²) in [6.45, 7) is 1.91. The third-order valence-corrected chi connectivity index (χ3v) is 7.42. The summed E-state index contributed by atoms with van der Waals surface area (Å²) < 4.78 is 57.1. The van der Waals surface area contributed by atoms with Gasteiger partial charge in [-0.25, -0.2) is 13.4 Å². The van der Waals surface area contributed by atoms with E-state index in [2.05, 4.69) is 25.0 Å². The minimum atomic E-state index is -3.86. The molecule has 5 rings (SSSR count). The number of hydrogen-bond acceptors (Lipinski definition) is 7. The number of anilines is 1. The van der Waals surface area contributed by atoms with Crippen LogP contribution in [0.3, 0.4) is 0 Å². The van der Waals surface area contributed by atoms with Crippen LogP contribution in [0, 0.1) is 0 Å². The number of benzene rings is 2. The van der Waals surface area contributed by atoms with Crippen LogP contribution in [0.4, 0.5) is 14.5 Å². The lowest BCUT2D eigenvalue weighted by Crippen LogP contribution is -2.24. The lowest BCUT2D eigenvalue weighted by molar-refractivity contribution is -0.0964. The fourth-order valence-corrected chi connectivity index (χ4v) is 5.82. The number of imidazole rings is 1. The molecule has 0 bridgehead atoms. The van der Waals surface area contributed by atoms with Gasteiger partial charge in [0.25, 0.3) is 5.91 Å². The molecule has 1 aliphatic heterocycles. The molecule has 36 heavy (non-hydrogen) atoms. The molecule has 3 heterocycles. The van der Waals surface area contributed by atoms with E-state index in [4.69, 9.17) is 11.6 Å². The van der Waals surface area contributed by atoms with Crippen molar-refractivity contribution in [3.05, 3.63) is 60.6 Å². The number of fused-ring (bicyclic) bond motifs is 3. The number of sulfone groups is 1. The van der Waals surface area contributed by atoms with E-state index >= 15 is 0 Å². The van der Waals surface area contributed by atoms with Crippen LogP contribution in [0.2, 0.25) is 0 Å². The molecule has 0 spiro atoms. The summed E-state index contributed by atoms with van der Waals surface area (Å²) in [5.41, 5.74) is -1.54. The van der Waals surface area contributed by atoms with Gasteiger partial charge >= 0.3 is 5.57 Å². The van der Waals surface area contributed by atoms with Gasteiger partial charge in [0.15, 0.2) is 0 Å². The second-order valence-electron chi connectivity index (χ2n) is 8.23. The number of alkyl halides is 3. The van der Waals surface area contributed by atoms with Crippen LogP contribution < -0.4 is 10.1 Å². The van der Waals surface area contributed by atoms with Crippen molar-refractivity contribution in [1.29, 1.82) is 0 Å². The molecule has 0 fully saturated rings. The van der Waals surface area contributed by atoms with E-state index < -0.39 is 21.3 Å². The highest BCUT2D eigenvalue weighted by molar-refractivity contribution is 7.91. The maximum Gasteiger partial charge on any atom is 0.487 e. The zero-order valence-electron chi connectivity index (χ0n) is 18.7. The molecule has 1 N–H and O–H groups in total. The summed E-state index contributed by atoms with van der Waals surface area (Å²) in [4.78, 5) is 25.9. The van der Waals surface area contributed by atoms with E-state index in [1.54, 1.807) is 10.6 Å². The molecule has 1 aliphatic rings. The smallest absolute Gasteiger partial charge is 0.420 e. The van der Waals surface area contributed by atoms with Gasteiger partial charge in [-0.05, 0) is 49.7 Å². The molecule has 2 aromatic heterocycles. The number of hydrogen-bond donors (Lipinski definition) is 1. The number of amides is 1. The maximum atomic E-state index is 13.1. The van der Waals surface area contributed by atoms with Gasteiger partial charge in [0.2, 0.25) is 15.0 Å². The van der Waals surface area contributed by atoms with Crippen LogP contribution in [0.25, 0.3) is 22.3 Å². The van der Waals surface area contributed by atoms with Crippen LogP contribution in [0.15, 0.2) is 60.1 Å². The summed E-state index contributed by atoms with van der Waals surface area (Å²) in [5.74, 6) is -0.723. The average Bonchev–Trinajstić information content (AvgIpc) is 3.24. The minimum absolute atomic E-state index is 0.0132. The first-order chi connectivity index (χ1) is 17.0. The zero-order valence-corrected chi connectivity index (χ0v) is 20.2. The minimum Gasteiger partial charge on any atom is -0.420 e. The van der Waals surface area contributed by atoms with E-state index in [1.165, 1.54) is 48.9 Å². The number of nitrogens with zero attached hydrogens (tertiary/aromatic N) is 4. The average molecular weight is 534 g/mol. The predicted octanol–water partition coefficient (Wildman–Crippen LogP) is 4.65. The largest absolute Gasteiger partial charge is 0.487 e. The van der Waals surface area contributed by atoms with E-state index in [0.717, 1.165) is 0 Å². The third-order valence-electron chi connectivity index (χ3n) is 5.72. The number of carbonyl (C=O) groups is 1. The maximum absolute atomic E-state index is 13.1. The fraction of sp³-hybridized carbons (Fsp3) is 0.217. The molecule has 9 nitrogen and oxygen atoms in total. The van der Waals surface area contributed by atoms with Gasteiger partial charge in [0.1, 0.15) is 5.75 Å². The van der Waals surface area contributed by atoms with Crippen molar-refractivity contribution in [1.82, 2.24) is 19.5 Å². The number of halogens is 3. The fourth-order valence-electron chi connectivity index (χ4n) is 4.09. The molecule has 0 aliphatic carbocycles. The Kier molecular flexibility index (Phi) is 5.87. The van der Waals surface area contributed by atoms with Gasteiger partial charge < -0.3 is 14.6 Å². The molecule has 1 atom stereocenters. The van der Waals surface area contributed by atoms with Crippen LogP contribution in [0.5, 0.6) is 5.75 Å². The van der Waals surface area contributed by atoms with Crippen LogP contribution >= 0.6 is 11.6 Å². The highest BCUT2D eigenvalue weighted by Gasteiger charge is 2.33. The number of rotatable bonds is 5. The Morgan fingerprint density at radius 3 is 2.64 bits per heavy atom. The number of carbonyl (C=O) groups excluding carboxylic acids is 1. The van der Waals surface area contributed by atoms with E-state index in [-0.39, 0.29) is 28.3 Å². The highest BCUT2D eigenvalue weighted by Crippen LogP contribution is 2.37. The topological polar surface area (TPSA) is 116 Å². The summed E-state index contributed by atoms with van der Waals surface area (Å²) in [6.07, 6.45) is 4.95. The molecular weight excluding hydrogens is 516 g/mol. The molecule has 0 saturated heterocycles. The standard InChI is InChI=1S/C23H18ClF2N5O4S/c1-13-6-9-36(33,34)22-30-18-11-14(10-17(20(18)31(13)22)19-12-27-7-8-28-19)21(32)29-15-2-4-16(5-3-15)35-23(24,25)26/h2-5,7-8,10-13H,6,9H2,1H3,(H,29,32)/t13-/m1/s1. The Hall–Kier alpha value is -3.64. The SMILES string of the molecule is C[C@@H]1CCS(=O)(=O)c2nc3cc(C(=O)Nc4ccc(OC(F)(F)Cl)cc4)cc(-c4cnccn4)c3n21. The lowest BCUT2D eigenvalue weighted by atomic mass is 10.0. The van der Waals surface area contributed by atoms with Gasteiger partial charge in [-0.3, -0.25) is 14.8 Å². The second-order valence-corrected chi connectivity index (χ2v) is 10.7. The molecule has 4 aromatic rings. The van der Waals surface area contributed by atoms with Crippen molar-refractivity contribution in [3.63, 3.8) is 0 Å². The van der Waals surface area contributed by atoms with E-state index in [1.807, 2.05) is 6.92 Å². The summed E-state index contributed by atoms with van der Waals surface area (Å²) in [7, 11) is -3.59. The predicted molar refractivity (Wildman–Crippen MR) is 128 cm³/mol. The highest BCUT2D eigenvalue weighted by atomic mass is 35.5. The second kappa shape index (κ2) is 8.79. The Morgan fingerprint density at radius 1 is 1.22 bits per heavy atom. The Labute approximate surface area is 209 Å². The van der Waals surface area contributed by atoms with Gasteiger partial charge in [0, 0.05) is 46.9 Å². The zero-order chi connectivity index (χ0) is 25.7. The number of ether oxygens (including phenoxy) is 1. The Bertz CT molecular complexity index is 1570. The first-order valence-electron chi connectivity index (χ1n) is 10.7. The normalized spacial score (nSPS) is 16.9. The van der Waals surface area contributed by atoms with Crippen molar-refractivity contribution < 1.29 is 26.7 Å². The van der Waals surface area contributed by atoms with Gasteiger partial charge in [-0.15, -0.1) is 8.78 Å². The first-order valence-corrected chi connectivity index (χ1v) is 12.8. The molecule has 0 unspecified atom stereocenters. The lowest BCUT2D eigenvalue weighted by Gasteiger charge is -2.23. The van der Waals surface area contributed by atoms with Crippen LogP contribution in [-0.4, -0.2) is 45.2 Å². The van der Waals surface area contributed by atoms with Crippen molar-refractivity contribution in [2.75, 3.05) is 11.1 Å². The quantitative estimate of drug-likeness (QED) is 0.371. The molecule has 13 heteroatoms. The Morgan fingerprint density at radius 2 is 1.97 bits per heavy atom. The molecule has 1 amide bonds. The molecule has 2 aromatic carbocycles.